The summed E-state index contributed by atoms with van der Waals surface area (Å²) >= 11 is 0. The number of hydrogen-bond donors (Lipinski definition) is 2. The second kappa shape index (κ2) is 8.36. The van der Waals surface area contributed by atoms with Crippen LogP contribution in [0.15, 0.2) is 42.5 Å². The normalized spacial score (nSPS) is 11.7. The molecule has 0 saturated carbocycles. The van der Waals surface area contributed by atoms with E-state index in [9.17, 15) is 4.79 Å². The summed E-state index contributed by atoms with van der Waals surface area (Å²) < 4.78 is 10.5. The topological polar surface area (TPSA) is 73.6 Å². The number of ether oxygens (including phenoxy) is 2. The molecule has 3 N–H and O–H groups in total. The van der Waals surface area contributed by atoms with E-state index in [0.717, 1.165) is 16.7 Å². The Balaban J connectivity index is 1.89. The highest BCUT2D eigenvalue weighted by atomic mass is 16.5. The molecule has 0 aliphatic heterocycles. The standard InChI is InChI=1S/C19H24N2O3/c1-13-4-7-15(8-5-13)18(20)19(22)21-11-10-14-6-9-16(23-2)17(12-14)24-3/h4-9,12,18H,10-11,20H2,1-3H3,(H,21,22). The summed E-state index contributed by atoms with van der Waals surface area (Å²) in [7, 11) is 3.20. The van der Waals surface area contributed by atoms with Crippen molar-refractivity contribution in [3.05, 3.63) is 59.2 Å². The van der Waals surface area contributed by atoms with Crippen molar-refractivity contribution in [2.24, 2.45) is 5.73 Å². The first kappa shape index (κ1) is 17.8. The fourth-order valence-corrected chi connectivity index (χ4v) is 2.40. The monoisotopic (exact) mass is 328 g/mol. The summed E-state index contributed by atoms with van der Waals surface area (Å²) in [6.07, 6.45) is 0.687. The van der Waals surface area contributed by atoms with E-state index in [2.05, 4.69) is 5.32 Å². The molecule has 1 amide bonds. The lowest BCUT2D eigenvalue weighted by molar-refractivity contribution is -0.122. The van der Waals surface area contributed by atoms with Gasteiger partial charge in [-0.2, -0.15) is 0 Å². The van der Waals surface area contributed by atoms with Crippen LogP contribution in [0.25, 0.3) is 0 Å². The molecule has 0 spiro atoms. The van der Waals surface area contributed by atoms with Gasteiger partial charge < -0.3 is 20.5 Å². The number of methoxy groups -OCH3 is 2. The Morgan fingerprint density at radius 1 is 1.08 bits per heavy atom. The highest BCUT2D eigenvalue weighted by Gasteiger charge is 2.15. The smallest absolute Gasteiger partial charge is 0.241 e. The van der Waals surface area contributed by atoms with Gasteiger partial charge in [-0.25, -0.2) is 0 Å². The van der Waals surface area contributed by atoms with E-state index in [1.807, 2.05) is 49.4 Å². The van der Waals surface area contributed by atoms with Crippen molar-refractivity contribution in [3.8, 4) is 11.5 Å². The molecular weight excluding hydrogens is 304 g/mol. The van der Waals surface area contributed by atoms with Gasteiger partial charge in [0.15, 0.2) is 11.5 Å². The predicted octanol–water partition coefficient (Wildman–Crippen LogP) is 2.37. The third-order valence-electron chi connectivity index (χ3n) is 3.88. The van der Waals surface area contributed by atoms with Gasteiger partial charge >= 0.3 is 0 Å². The Hall–Kier alpha value is -2.53. The van der Waals surface area contributed by atoms with E-state index < -0.39 is 6.04 Å². The molecule has 24 heavy (non-hydrogen) atoms. The van der Waals surface area contributed by atoms with Crippen LogP contribution < -0.4 is 20.5 Å². The van der Waals surface area contributed by atoms with Crippen LogP contribution in [-0.4, -0.2) is 26.7 Å². The van der Waals surface area contributed by atoms with E-state index in [1.54, 1.807) is 14.2 Å². The molecule has 1 atom stereocenters. The van der Waals surface area contributed by atoms with Crippen molar-refractivity contribution in [2.45, 2.75) is 19.4 Å². The van der Waals surface area contributed by atoms with Crippen molar-refractivity contribution in [3.63, 3.8) is 0 Å². The zero-order chi connectivity index (χ0) is 17.5. The minimum absolute atomic E-state index is 0.181. The maximum Gasteiger partial charge on any atom is 0.241 e. The fraction of sp³-hybridized carbons (Fsp3) is 0.316. The second-order valence-electron chi connectivity index (χ2n) is 5.62. The quantitative estimate of drug-likeness (QED) is 0.818. The molecule has 2 aromatic rings. The summed E-state index contributed by atoms with van der Waals surface area (Å²) in [5, 5.41) is 2.87. The molecule has 0 saturated heterocycles. The third kappa shape index (κ3) is 4.49. The molecule has 0 heterocycles. The third-order valence-corrected chi connectivity index (χ3v) is 3.88. The first-order valence-corrected chi connectivity index (χ1v) is 7.86. The van der Waals surface area contributed by atoms with E-state index in [4.69, 9.17) is 15.2 Å². The van der Waals surface area contributed by atoms with Crippen molar-refractivity contribution in [1.82, 2.24) is 5.32 Å². The number of benzene rings is 2. The predicted molar refractivity (Wildman–Crippen MR) is 94.4 cm³/mol. The van der Waals surface area contributed by atoms with Gasteiger partial charge in [-0.15, -0.1) is 0 Å². The Morgan fingerprint density at radius 3 is 2.38 bits per heavy atom. The molecule has 0 aliphatic carbocycles. The molecule has 1 unspecified atom stereocenters. The lowest BCUT2D eigenvalue weighted by Gasteiger charge is -2.13. The molecule has 0 aliphatic rings. The molecule has 0 bridgehead atoms. The van der Waals surface area contributed by atoms with Gasteiger partial charge in [0.2, 0.25) is 5.91 Å². The molecule has 0 aromatic heterocycles. The van der Waals surface area contributed by atoms with Crippen LogP contribution in [0.4, 0.5) is 0 Å². The van der Waals surface area contributed by atoms with Crippen LogP contribution in [-0.2, 0) is 11.2 Å². The molecule has 0 radical (unpaired) electrons. The molecule has 2 aromatic carbocycles. The van der Waals surface area contributed by atoms with Gasteiger partial charge in [0.25, 0.3) is 0 Å². The lowest BCUT2D eigenvalue weighted by atomic mass is 10.1. The maximum absolute atomic E-state index is 12.2. The van der Waals surface area contributed by atoms with Gasteiger partial charge in [-0.3, -0.25) is 4.79 Å². The summed E-state index contributed by atoms with van der Waals surface area (Å²) in [6.45, 7) is 2.51. The molecule has 0 fully saturated rings. The van der Waals surface area contributed by atoms with Crippen LogP contribution >= 0.6 is 0 Å². The molecular formula is C19H24N2O3. The first-order valence-electron chi connectivity index (χ1n) is 7.86. The maximum atomic E-state index is 12.2. The largest absolute Gasteiger partial charge is 0.493 e. The SMILES string of the molecule is COc1ccc(CCNC(=O)C(N)c2ccc(C)cc2)cc1OC. The minimum Gasteiger partial charge on any atom is -0.493 e. The highest BCUT2D eigenvalue weighted by molar-refractivity contribution is 5.82. The summed E-state index contributed by atoms with van der Waals surface area (Å²) in [4.78, 5) is 12.2. The van der Waals surface area contributed by atoms with Crippen LogP contribution in [0.5, 0.6) is 11.5 Å². The van der Waals surface area contributed by atoms with Gasteiger partial charge in [0.05, 0.1) is 14.2 Å². The molecule has 5 heteroatoms. The Bertz CT molecular complexity index is 684. The minimum atomic E-state index is -0.656. The number of amides is 1. The first-order chi connectivity index (χ1) is 11.5. The highest BCUT2D eigenvalue weighted by Crippen LogP contribution is 2.27. The lowest BCUT2D eigenvalue weighted by Crippen LogP contribution is -2.35. The number of aryl methyl sites for hydroxylation is 1. The van der Waals surface area contributed by atoms with Crippen molar-refractivity contribution in [1.29, 1.82) is 0 Å². The van der Waals surface area contributed by atoms with Crippen molar-refractivity contribution in [2.75, 3.05) is 20.8 Å². The number of nitrogens with one attached hydrogen (secondary N) is 1. The number of nitrogens with two attached hydrogens (primary N) is 1. The van der Waals surface area contributed by atoms with Gasteiger partial charge in [-0.1, -0.05) is 35.9 Å². The zero-order valence-electron chi connectivity index (χ0n) is 14.3. The van der Waals surface area contributed by atoms with Crippen LogP contribution in [0.3, 0.4) is 0 Å². The Kier molecular flexibility index (Phi) is 6.21. The van der Waals surface area contributed by atoms with Crippen LogP contribution in [0.1, 0.15) is 22.7 Å². The average Bonchev–Trinajstić information content (AvgIpc) is 2.61. The van der Waals surface area contributed by atoms with Crippen molar-refractivity contribution < 1.29 is 14.3 Å². The zero-order valence-corrected chi connectivity index (χ0v) is 14.3. The fourth-order valence-electron chi connectivity index (χ4n) is 2.40. The van der Waals surface area contributed by atoms with Crippen LogP contribution in [0, 0.1) is 6.92 Å². The average molecular weight is 328 g/mol. The Labute approximate surface area is 142 Å². The summed E-state index contributed by atoms with van der Waals surface area (Å²) in [6, 6.07) is 12.7. The number of carbonyl (C=O) groups is 1. The van der Waals surface area contributed by atoms with Gasteiger partial charge in [0.1, 0.15) is 6.04 Å². The van der Waals surface area contributed by atoms with Crippen LogP contribution in [0.2, 0.25) is 0 Å². The molecule has 2 rings (SSSR count). The number of carbonyl (C=O) groups excluding carboxylic acids is 1. The van der Waals surface area contributed by atoms with E-state index in [1.165, 1.54) is 0 Å². The molecule has 5 nitrogen and oxygen atoms in total. The Morgan fingerprint density at radius 2 is 1.75 bits per heavy atom. The van der Waals surface area contributed by atoms with E-state index in [-0.39, 0.29) is 5.91 Å². The summed E-state index contributed by atoms with van der Waals surface area (Å²) in [5.74, 6) is 1.18. The number of rotatable bonds is 7. The summed E-state index contributed by atoms with van der Waals surface area (Å²) in [5.41, 5.74) is 9.00. The van der Waals surface area contributed by atoms with E-state index >= 15 is 0 Å². The second-order valence-corrected chi connectivity index (χ2v) is 5.62. The number of hydrogen-bond acceptors (Lipinski definition) is 4. The molecule has 128 valence electrons. The van der Waals surface area contributed by atoms with E-state index in [0.29, 0.717) is 24.5 Å². The van der Waals surface area contributed by atoms with Gasteiger partial charge in [-0.05, 0) is 36.6 Å². The van der Waals surface area contributed by atoms with Crippen molar-refractivity contribution >= 4 is 5.91 Å². The van der Waals surface area contributed by atoms with Gasteiger partial charge in [0, 0.05) is 6.54 Å².